The van der Waals surface area contributed by atoms with Gasteiger partial charge in [0.05, 0.1) is 37.7 Å². The van der Waals surface area contributed by atoms with Gasteiger partial charge in [0.2, 0.25) is 17.7 Å². The topological polar surface area (TPSA) is 132 Å². The molecule has 1 aliphatic heterocycles. The third-order valence-electron chi connectivity index (χ3n) is 4.02. The van der Waals surface area contributed by atoms with Crippen molar-refractivity contribution in [2.45, 2.75) is 26.4 Å². The number of nitrogens with zero attached hydrogens (tertiary/aromatic N) is 3. The third kappa shape index (κ3) is 5.81. The molecule has 0 spiro atoms. The average molecular weight is 366 g/mol. The fourth-order valence-corrected chi connectivity index (χ4v) is 2.36. The summed E-state index contributed by atoms with van der Waals surface area (Å²) < 4.78 is 6.67. The molecule has 2 rings (SSSR count). The second kappa shape index (κ2) is 9.30. The molecule has 0 aliphatic carbocycles. The summed E-state index contributed by atoms with van der Waals surface area (Å²) in [7, 11) is 0. The third-order valence-corrected chi connectivity index (χ3v) is 4.02. The summed E-state index contributed by atoms with van der Waals surface area (Å²) in [6.45, 7) is 5.79. The quantitative estimate of drug-likeness (QED) is 0.554. The Kier molecular flexibility index (Phi) is 7.10. The number of hydrogen-bond donors (Lipinski definition) is 3. The molecule has 144 valence electrons. The van der Waals surface area contributed by atoms with Crippen molar-refractivity contribution < 1.29 is 19.1 Å². The van der Waals surface area contributed by atoms with E-state index in [0.29, 0.717) is 32.0 Å². The number of hydrogen-bond acceptors (Lipinski definition) is 6. The fraction of sp³-hybridized carbons (Fsp3) is 0.625. The number of carbonyl (C=O) groups is 3. The van der Waals surface area contributed by atoms with Crippen LogP contribution in [-0.2, 0) is 25.7 Å². The summed E-state index contributed by atoms with van der Waals surface area (Å²) in [5.41, 5.74) is 6.16. The van der Waals surface area contributed by atoms with Gasteiger partial charge in [-0.1, -0.05) is 13.8 Å². The Bertz CT molecular complexity index is 638. The highest BCUT2D eigenvalue weighted by Crippen LogP contribution is 2.06. The van der Waals surface area contributed by atoms with Crippen LogP contribution in [0, 0.1) is 5.92 Å². The highest BCUT2D eigenvalue weighted by Gasteiger charge is 2.19. The van der Waals surface area contributed by atoms with Crippen LogP contribution in [0.15, 0.2) is 12.4 Å². The summed E-state index contributed by atoms with van der Waals surface area (Å²) in [6.07, 6.45) is 3.02. The lowest BCUT2D eigenvalue weighted by Gasteiger charge is -2.26. The fourth-order valence-electron chi connectivity index (χ4n) is 2.36. The Morgan fingerprint density at radius 1 is 1.31 bits per heavy atom. The zero-order valence-corrected chi connectivity index (χ0v) is 15.1. The zero-order chi connectivity index (χ0) is 19.1. The predicted octanol–water partition coefficient (Wildman–Crippen LogP) is -1.22. The van der Waals surface area contributed by atoms with Crippen LogP contribution in [0.2, 0.25) is 0 Å². The van der Waals surface area contributed by atoms with Gasteiger partial charge in [0.25, 0.3) is 0 Å². The number of morpholine rings is 1. The van der Waals surface area contributed by atoms with Crippen molar-refractivity contribution in [1.29, 1.82) is 0 Å². The second-order valence-electron chi connectivity index (χ2n) is 6.46. The first-order valence-corrected chi connectivity index (χ1v) is 8.58. The van der Waals surface area contributed by atoms with E-state index < -0.39 is 11.9 Å². The van der Waals surface area contributed by atoms with Crippen molar-refractivity contribution in [3.8, 4) is 0 Å². The number of aromatic nitrogens is 2. The maximum atomic E-state index is 12.2. The molecule has 1 fully saturated rings. The van der Waals surface area contributed by atoms with Crippen LogP contribution in [0.5, 0.6) is 0 Å². The molecule has 0 saturated carbocycles. The molecular weight excluding hydrogens is 340 g/mol. The summed E-state index contributed by atoms with van der Waals surface area (Å²) in [6, 6.07) is -0.656. The maximum Gasteiger partial charge on any atom is 0.244 e. The zero-order valence-electron chi connectivity index (χ0n) is 15.1. The molecule has 4 N–H and O–H groups in total. The normalized spacial score (nSPS) is 15.6. The van der Waals surface area contributed by atoms with Crippen molar-refractivity contribution in [2.75, 3.05) is 38.2 Å². The van der Waals surface area contributed by atoms with Gasteiger partial charge in [-0.15, -0.1) is 0 Å². The van der Waals surface area contributed by atoms with Crippen LogP contribution in [0.25, 0.3) is 0 Å². The van der Waals surface area contributed by atoms with E-state index in [1.54, 1.807) is 11.1 Å². The Hall–Kier alpha value is -2.46. The van der Waals surface area contributed by atoms with Gasteiger partial charge in [-0.2, -0.15) is 5.10 Å². The molecule has 2 heterocycles. The van der Waals surface area contributed by atoms with Gasteiger partial charge in [0.1, 0.15) is 6.54 Å². The van der Waals surface area contributed by atoms with Gasteiger partial charge < -0.3 is 26.0 Å². The number of carbonyl (C=O) groups excluding carboxylic acids is 3. The minimum absolute atomic E-state index is 0.0136. The van der Waals surface area contributed by atoms with E-state index in [0.717, 1.165) is 0 Å². The molecule has 1 saturated heterocycles. The van der Waals surface area contributed by atoms with Crippen LogP contribution in [0.4, 0.5) is 5.69 Å². The molecule has 10 heteroatoms. The van der Waals surface area contributed by atoms with Crippen LogP contribution >= 0.6 is 0 Å². The molecule has 0 bridgehead atoms. The summed E-state index contributed by atoms with van der Waals surface area (Å²) >= 11 is 0. The molecule has 0 aromatic carbocycles. The van der Waals surface area contributed by atoms with Gasteiger partial charge in [0, 0.05) is 19.3 Å². The first-order valence-electron chi connectivity index (χ1n) is 8.58. The molecule has 1 aromatic rings. The molecule has 1 aliphatic rings. The summed E-state index contributed by atoms with van der Waals surface area (Å²) in [5.74, 6) is -0.833. The van der Waals surface area contributed by atoms with Crippen molar-refractivity contribution >= 4 is 23.4 Å². The lowest BCUT2D eigenvalue weighted by molar-refractivity contribution is -0.136. The van der Waals surface area contributed by atoms with Crippen LogP contribution < -0.4 is 16.4 Å². The first-order chi connectivity index (χ1) is 12.4. The lowest BCUT2D eigenvalue weighted by atomic mass is 10.1. The van der Waals surface area contributed by atoms with Crippen LogP contribution in [0.3, 0.4) is 0 Å². The molecule has 0 unspecified atom stereocenters. The van der Waals surface area contributed by atoms with E-state index in [9.17, 15) is 14.4 Å². The van der Waals surface area contributed by atoms with Crippen molar-refractivity contribution in [1.82, 2.24) is 20.0 Å². The average Bonchev–Trinajstić information content (AvgIpc) is 3.06. The first kappa shape index (κ1) is 19.9. The van der Waals surface area contributed by atoms with Gasteiger partial charge in [0.15, 0.2) is 0 Å². The van der Waals surface area contributed by atoms with Gasteiger partial charge >= 0.3 is 0 Å². The predicted molar refractivity (Wildman–Crippen MR) is 94.1 cm³/mol. The Labute approximate surface area is 152 Å². The van der Waals surface area contributed by atoms with E-state index in [1.165, 1.54) is 10.9 Å². The van der Waals surface area contributed by atoms with Crippen molar-refractivity contribution in [3.63, 3.8) is 0 Å². The number of rotatable bonds is 7. The number of nitrogens with two attached hydrogens (primary N) is 1. The SMILES string of the molecule is CC(C)[C@H](N)C(=O)NCC(=O)Nc1cnn(CC(=O)N2CCOCC2)c1. The van der Waals surface area contributed by atoms with E-state index >= 15 is 0 Å². The van der Waals surface area contributed by atoms with E-state index in [-0.39, 0.29) is 30.8 Å². The molecule has 1 aromatic heterocycles. The van der Waals surface area contributed by atoms with Gasteiger partial charge in [-0.25, -0.2) is 0 Å². The highest BCUT2D eigenvalue weighted by molar-refractivity contribution is 5.95. The van der Waals surface area contributed by atoms with E-state index in [2.05, 4.69) is 15.7 Å². The largest absolute Gasteiger partial charge is 0.378 e. The Morgan fingerprint density at radius 3 is 2.65 bits per heavy atom. The number of nitrogens with one attached hydrogen (secondary N) is 2. The Balaban J connectivity index is 1.77. The summed E-state index contributed by atoms with van der Waals surface area (Å²) in [5, 5.41) is 9.17. The highest BCUT2D eigenvalue weighted by atomic mass is 16.5. The van der Waals surface area contributed by atoms with Crippen molar-refractivity contribution in [2.24, 2.45) is 11.7 Å². The van der Waals surface area contributed by atoms with Crippen molar-refractivity contribution in [3.05, 3.63) is 12.4 Å². The molecule has 26 heavy (non-hydrogen) atoms. The minimum Gasteiger partial charge on any atom is -0.378 e. The second-order valence-corrected chi connectivity index (χ2v) is 6.46. The molecule has 3 amide bonds. The number of anilines is 1. The summed E-state index contributed by atoms with van der Waals surface area (Å²) in [4.78, 5) is 37.5. The minimum atomic E-state index is -0.656. The van der Waals surface area contributed by atoms with Gasteiger partial charge in [-0.3, -0.25) is 19.1 Å². The maximum absolute atomic E-state index is 12.2. The van der Waals surface area contributed by atoms with E-state index in [4.69, 9.17) is 10.5 Å². The standard InChI is InChI=1S/C16H26N6O4/c1-11(2)15(17)16(25)18-8-13(23)20-12-7-19-22(9-12)10-14(24)21-3-5-26-6-4-21/h7,9,11,15H,3-6,8,10,17H2,1-2H3,(H,18,25)(H,20,23)/t15-/m0/s1. The lowest BCUT2D eigenvalue weighted by Crippen LogP contribution is -2.46. The van der Waals surface area contributed by atoms with E-state index in [1.807, 2.05) is 13.8 Å². The monoisotopic (exact) mass is 366 g/mol. The molecule has 1 atom stereocenters. The number of ether oxygens (including phenoxy) is 1. The molecule has 0 radical (unpaired) electrons. The number of amides is 3. The smallest absolute Gasteiger partial charge is 0.244 e. The van der Waals surface area contributed by atoms with Crippen LogP contribution in [-0.4, -0.2) is 71.3 Å². The Morgan fingerprint density at radius 2 is 2.00 bits per heavy atom. The molecular formula is C16H26N6O4. The van der Waals surface area contributed by atoms with Gasteiger partial charge in [-0.05, 0) is 5.92 Å². The molecule has 10 nitrogen and oxygen atoms in total. The van der Waals surface area contributed by atoms with Crippen LogP contribution in [0.1, 0.15) is 13.8 Å².